The summed E-state index contributed by atoms with van der Waals surface area (Å²) in [6, 6.07) is 0. The van der Waals surface area contributed by atoms with Crippen LogP contribution in [0.2, 0.25) is 0 Å². The number of hydrogen-bond acceptors (Lipinski definition) is 2. The Morgan fingerprint density at radius 1 is 1.14 bits per heavy atom. The Kier molecular flexibility index (Phi) is 4.84. The van der Waals surface area contributed by atoms with Crippen molar-refractivity contribution in [2.24, 2.45) is 40.4 Å². The highest BCUT2D eigenvalue weighted by Crippen LogP contribution is 2.75. The van der Waals surface area contributed by atoms with Gasteiger partial charge in [-0.05, 0) is 85.5 Å². The SMILES string of the molecule is CC(C)CCC[C@@H](C)[C@H]1CC[C@H]2C3=CCC4C[C@@H](O)CC[C@]4(C)[C@]34O[C@@H]4C[C@]12C. The Morgan fingerprint density at radius 2 is 1.93 bits per heavy atom. The van der Waals surface area contributed by atoms with E-state index in [-0.39, 0.29) is 17.1 Å². The first-order valence-corrected chi connectivity index (χ1v) is 12.8. The Bertz CT molecular complexity index is 682. The van der Waals surface area contributed by atoms with Crippen molar-refractivity contribution in [3.05, 3.63) is 11.6 Å². The molecule has 1 saturated heterocycles. The third-order valence-corrected chi connectivity index (χ3v) is 10.6. The number of fused-ring (bicyclic) bond motifs is 3. The Hall–Kier alpha value is -0.340. The lowest BCUT2D eigenvalue weighted by Gasteiger charge is -2.55. The molecule has 2 nitrogen and oxygen atoms in total. The zero-order valence-electron chi connectivity index (χ0n) is 19.5. The molecule has 0 aromatic carbocycles. The van der Waals surface area contributed by atoms with E-state index in [0.717, 1.165) is 42.9 Å². The molecule has 0 aromatic rings. The molecule has 0 amide bonds. The van der Waals surface area contributed by atoms with E-state index in [9.17, 15) is 5.11 Å². The summed E-state index contributed by atoms with van der Waals surface area (Å²) in [5, 5.41) is 10.3. The van der Waals surface area contributed by atoms with Crippen LogP contribution in [0.15, 0.2) is 11.6 Å². The van der Waals surface area contributed by atoms with Crippen molar-refractivity contribution in [3.63, 3.8) is 0 Å². The van der Waals surface area contributed by atoms with E-state index >= 15 is 0 Å². The summed E-state index contributed by atoms with van der Waals surface area (Å²) in [4.78, 5) is 0. The van der Waals surface area contributed by atoms with Crippen molar-refractivity contribution in [3.8, 4) is 0 Å². The number of aliphatic hydroxyl groups excluding tert-OH is 1. The first kappa shape index (κ1) is 20.6. The second-order valence-electron chi connectivity index (χ2n) is 12.5. The van der Waals surface area contributed by atoms with Crippen molar-refractivity contribution < 1.29 is 9.84 Å². The fourth-order valence-corrected chi connectivity index (χ4v) is 8.96. The fourth-order valence-electron chi connectivity index (χ4n) is 8.96. The minimum absolute atomic E-state index is 0.0377. The molecule has 1 heterocycles. The summed E-state index contributed by atoms with van der Waals surface area (Å²) in [6.45, 7) is 12.4. The van der Waals surface area contributed by atoms with Gasteiger partial charge >= 0.3 is 0 Å². The van der Waals surface area contributed by atoms with Gasteiger partial charge < -0.3 is 9.84 Å². The Balaban J connectivity index is 1.39. The normalized spacial score (nSPS) is 51.6. The highest BCUT2D eigenvalue weighted by Gasteiger charge is 2.77. The fraction of sp³-hybridized carbons (Fsp3) is 0.926. The molecule has 9 atom stereocenters. The minimum Gasteiger partial charge on any atom is -0.393 e. The molecule has 0 aromatic heterocycles. The number of ether oxygens (including phenoxy) is 1. The molecule has 3 saturated carbocycles. The van der Waals surface area contributed by atoms with E-state index in [1.807, 2.05) is 0 Å². The van der Waals surface area contributed by atoms with Crippen LogP contribution in [0, 0.1) is 40.4 Å². The second kappa shape index (κ2) is 6.83. The van der Waals surface area contributed by atoms with Crippen molar-refractivity contribution in [2.75, 3.05) is 0 Å². The Morgan fingerprint density at radius 3 is 2.69 bits per heavy atom. The first-order valence-electron chi connectivity index (χ1n) is 12.8. The number of aliphatic hydroxyl groups is 1. The number of rotatable bonds is 5. The smallest absolute Gasteiger partial charge is 0.122 e. The van der Waals surface area contributed by atoms with E-state index in [1.54, 1.807) is 5.57 Å². The summed E-state index contributed by atoms with van der Waals surface area (Å²) in [5.74, 6) is 3.88. The van der Waals surface area contributed by atoms with Crippen LogP contribution in [0.25, 0.3) is 0 Å². The van der Waals surface area contributed by atoms with E-state index in [0.29, 0.717) is 17.4 Å². The van der Waals surface area contributed by atoms with E-state index in [2.05, 4.69) is 40.7 Å². The van der Waals surface area contributed by atoms with Gasteiger partial charge in [-0.15, -0.1) is 0 Å². The van der Waals surface area contributed by atoms with Crippen molar-refractivity contribution in [2.45, 2.75) is 117 Å². The maximum atomic E-state index is 10.3. The lowest BCUT2D eigenvalue weighted by atomic mass is 9.47. The van der Waals surface area contributed by atoms with Gasteiger partial charge in [0.15, 0.2) is 0 Å². The number of hydrogen-bond donors (Lipinski definition) is 1. The van der Waals surface area contributed by atoms with E-state index < -0.39 is 0 Å². The van der Waals surface area contributed by atoms with Gasteiger partial charge in [0.05, 0.1) is 12.2 Å². The third kappa shape index (κ3) is 2.80. The highest BCUT2D eigenvalue weighted by molar-refractivity contribution is 5.43. The largest absolute Gasteiger partial charge is 0.393 e. The van der Waals surface area contributed by atoms with Gasteiger partial charge in [0.1, 0.15) is 5.60 Å². The maximum absolute atomic E-state index is 10.3. The molecular formula is C27H44O2. The Labute approximate surface area is 178 Å². The van der Waals surface area contributed by atoms with Gasteiger partial charge in [-0.25, -0.2) is 0 Å². The van der Waals surface area contributed by atoms with Crippen LogP contribution in [-0.4, -0.2) is 22.9 Å². The summed E-state index contributed by atoms with van der Waals surface area (Å²) in [7, 11) is 0. The van der Waals surface area contributed by atoms with Crippen LogP contribution in [0.1, 0.15) is 98.8 Å². The summed E-state index contributed by atoms with van der Waals surface area (Å²) >= 11 is 0. The standard InChI is InChI=1S/C27H44O2/c1-17(2)7-6-8-18(3)21-11-12-22-23-10-9-19-15-20(28)13-14-26(19,5)27(23)24(29-27)16-25(21,22)4/h10,17-22,24,28H,6-9,11-16H2,1-5H3/t18-,19?,20+,21-,22+,24-,25-,26+,27+/m1/s1. The minimum atomic E-state index is -0.0898. The molecular weight excluding hydrogens is 356 g/mol. The average Bonchev–Trinajstić information content (AvgIpc) is 3.26. The van der Waals surface area contributed by atoms with Gasteiger partial charge in [-0.3, -0.25) is 0 Å². The van der Waals surface area contributed by atoms with Gasteiger partial charge in [0, 0.05) is 5.41 Å². The van der Waals surface area contributed by atoms with Crippen LogP contribution in [0.5, 0.6) is 0 Å². The van der Waals surface area contributed by atoms with Crippen molar-refractivity contribution >= 4 is 0 Å². The molecule has 29 heavy (non-hydrogen) atoms. The first-order chi connectivity index (χ1) is 13.7. The van der Waals surface area contributed by atoms with Gasteiger partial charge in [-0.2, -0.15) is 0 Å². The molecule has 1 N–H and O–H groups in total. The van der Waals surface area contributed by atoms with Gasteiger partial charge in [0.25, 0.3) is 0 Å². The molecule has 2 heteroatoms. The molecule has 164 valence electrons. The molecule has 1 spiro atoms. The van der Waals surface area contributed by atoms with Crippen LogP contribution in [0.3, 0.4) is 0 Å². The van der Waals surface area contributed by atoms with Crippen molar-refractivity contribution in [1.82, 2.24) is 0 Å². The number of allylic oxidation sites excluding steroid dienone is 1. The van der Waals surface area contributed by atoms with Gasteiger partial charge in [-0.1, -0.05) is 60.0 Å². The van der Waals surface area contributed by atoms with E-state index in [1.165, 1.54) is 44.9 Å². The molecule has 5 aliphatic rings. The average molecular weight is 401 g/mol. The maximum Gasteiger partial charge on any atom is 0.122 e. The molecule has 4 aliphatic carbocycles. The zero-order valence-corrected chi connectivity index (χ0v) is 19.5. The predicted octanol–water partition coefficient (Wildman–Crippen LogP) is 6.52. The summed E-state index contributed by atoms with van der Waals surface area (Å²) < 4.78 is 6.77. The lowest BCUT2D eigenvalue weighted by Crippen LogP contribution is -2.56. The van der Waals surface area contributed by atoms with Crippen molar-refractivity contribution in [1.29, 1.82) is 0 Å². The molecule has 0 bridgehead atoms. The van der Waals surface area contributed by atoms with Crippen LogP contribution < -0.4 is 0 Å². The zero-order chi connectivity index (χ0) is 20.6. The molecule has 4 fully saturated rings. The van der Waals surface area contributed by atoms with Crippen LogP contribution in [0.4, 0.5) is 0 Å². The van der Waals surface area contributed by atoms with E-state index in [4.69, 9.17) is 4.74 Å². The predicted molar refractivity (Wildman–Crippen MR) is 119 cm³/mol. The second-order valence-corrected chi connectivity index (χ2v) is 12.5. The van der Waals surface area contributed by atoms with Crippen LogP contribution in [-0.2, 0) is 4.74 Å². The molecule has 1 aliphatic heterocycles. The summed E-state index contributed by atoms with van der Waals surface area (Å²) in [6.07, 6.45) is 15.5. The lowest BCUT2D eigenvalue weighted by molar-refractivity contribution is -0.0383. The van der Waals surface area contributed by atoms with Gasteiger partial charge in [0.2, 0.25) is 0 Å². The molecule has 1 unspecified atom stereocenters. The highest BCUT2D eigenvalue weighted by atomic mass is 16.6. The number of epoxide rings is 1. The monoisotopic (exact) mass is 400 g/mol. The molecule has 5 rings (SSSR count). The topological polar surface area (TPSA) is 32.8 Å². The molecule has 0 radical (unpaired) electrons. The van der Waals surface area contributed by atoms with Crippen LogP contribution >= 0.6 is 0 Å². The summed E-state index contributed by atoms with van der Waals surface area (Å²) in [5.41, 5.74) is 2.44. The third-order valence-electron chi connectivity index (χ3n) is 10.6. The quantitative estimate of drug-likeness (QED) is 0.421.